The van der Waals surface area contributed by atoms with Gasteiger partial charge in [0.15, 0.2) is 0 Å². The van der Waals surface area contributed by atoms with Crippen molar-refractivity contribution in [1.29, 1.82) is 0 Å². The number of thiophene rings is 1. The number of nitrogens with zero attached hydrogens (tertiary/aromatic N) is 1. The van der Waals surface area contributed by atoms with Crippen LogP contribution in [0.25, 0.3) is 64.4 Å². The monoisotopic (exact) mass is 725 g/mol. The number of anilines is 3. The molecule has 1 spiro atoms. The van der Waals surface area contributed by atoms with Gasteiger partial charge in [0.1, 0.15) is 11.2 Å². The Morgan fingerprint density at radius 2 is 1.20 bits per heavy atom. The molecule has 4 saturated carbocycles. The summed E-state index contributed by atoms with van der Waals surface area (Å²) in [6.45, 7) is 0. The molecule has 0 saturated heterocycles. The summed E-state index contributed by atoms with van der Waals surface area (Å²) in [6, 6.07) is 57.1. The molecule has 4 bridgehead atoms. The molecule has 0 aliphatic heterocycles. The van der Waals surface area contributed by atoms with Gasteiger partial charge in [-0.3, -0.25) is 0 Å². The maximum Gasteiger partial charge on any atom is 0.135 e. The van der Waals surface area contributed by atoms with E-state index < -0.39 is 0 Å². The van der Waals surface area contributed by atoms with Gasteiger partial charge in [0.2, 0.25) is 0 Å². The van der Waals surface area contributed by atoms with Crippen LogP contribution in [0.15, 0.2) is 156 Å². The minimum atomic E-state index is 0.0463. The molecule has 5 aliphatic rings. The van der Waals surface area contributed by atoms with Crippen LogP contribution >= 0.6 is 11.3 Å². The summed E-state index contributed by atoms with van der Waals surface area (Å²) in [7, 11) is 0. The van der Waals surface area contributed by atoms with Gasteiger partial charge in [-0.1, -0.05) is 97.1 Å². The predicted octanol–water partition coefficient (Wildman–Crippen LogP) is 14.8. The molecule has 5 aliphatic carbocycles. The Morgan fingerprint density at radius 3 is 2.05 bits per heavy atom. The van der Waals surface area contributed by atoms with E-state index in [4.69, 9.17) is 4.42 Å². The van der Waals surface area contributed by atoms with E-state index in [-0.39, 0.29) is 5.41 Å². The van der Waals surface area contributed by atoms with E-state index in [0.29, 0.717) is 11.8 Å². The Morgan fingerprint density at radius 1 is 0.491 bits per heavy atom. The second-order valence-electron chi connectivity index (χ2n) is 16.9. The molecule has 0 atom stereocenters. The lowest BCUT2D eigenvalue weighted by atomic mass is 9.43. The van der Waals surface area contributed by atoms with Gasteiger partial charge in [-0.05, 0) is 138 Å². The third-order valence-electron chi connectivity index (χ3n) is 14.2. The third kappa shape index (κ3) is 4.20. The van der Waals surface area contributed by atoms with Crippen molar-refractivity contribution >= 4 is 70.5 Å². The molecule has 55 heavy (non-hydrogen) atoms. The van der Waals surface area contributed by atoms with Crippen LogP contribution in [0.3, 0.4) is 0 Å². The smallest absolute Gasteiger partial charge is 0.135 e. The summed E-state index contributed by atoms with van der Waals surface area (Å²) in [5.41, 5.74) is 14.2. The molecule has 0 radical (unpaired) electrons. The zero-order valence-corrected chi connectivity index (χ0v) is 31.4. The van der Waals surface area contributed by atoms with E-state index in [1.807, 2.05) is 11.3 Å². The summed E-state index contributed by atoms with van der Waals surface area (Å²) in [6.07, 6.45) is 6.90. The van der Waals surface area contributed by atoms with Crippen LogP contribution in [0.5, 0.6) is 0 Å². The molecule has 0 unspecified atom stereocenters. The van der Waals surface area contributed by atoms with Crippen LogP contribution in [0.1, 0.15) is 43.2 Å². The van der Waals surface area contributed by atoms with Crippen LogP contribution in [0, 0.1) is 23.7 Å². The minimum Gasteiger partial charge on any atom is -0.456 e. The van der Waals surface area contributed by atoms with Crippen molar-refractivity contribution < 1.29 is 4.42 Å². The second kappa shape index (κ2) is 11.2. The van der Waals surface area contributed by atoms with E-state index in [1.54, 1.807) is 11.1 Å². The fourth-order valence-electron chi connectivity index (χ4n) is 12.4. The van der Waals surface area contributed by atoms with Gasteiger partial charge in [-0.2, -0.15) is 0 Å². The van der Waals surface area contributed by atoms with Crippen molar-refractivity contribution in [2.24, 2.45) is 23.7 Å². The summed E-state index contributed by atoms with van der Waals surface area (Å²) in [5.74, 6) is 3.15. The van der Waals surface area contributed by atoms with Gasteiger partial charge in [-0.15, -0.1) is 11.3 Å². The number of benzene rings is 7. The zero-order chi connectivity index (χ0) is 35.8. The van der Waals surface area contributed by atoms with Crippen molar-refractivity contribution in [1.82, 2.24) is 0 Å². The van der Waals surface area contributed by atoms with Crippen LogP contribution < -0.4 is 4.90 Å². The van der Waals surface area contributed by atoms with E-state index in [9.17, 15) is 0 Å². The standard InChI is InChI=1S/C52H39NOS/c1-2-9-33(10-3-1)34-17-20-42-45(28-34)52(35-24-31-23-32(26-35)27-36(52)25-31)44-13-8-14-46(51(42)44)53(37-19-22-48-43(29-37)39-11-4-6-15-47(39)54-48)38-18-21-41-40-12-5-7-16-49(40)55-50(41)30-38/h1-22,28-32,35-36H,23-27H2. The average Bonchev–Trinajstić information content (AvgIpc) is 3.88. The lowest BCUT2D eigenvalue weighted by Gasteiger charge is -2.61. The van der Waals surface area contributed by atoms with Gasteiger partial charge >= 0.3 is 0 Å². The van der Waals surface area contributed by atoms with Crippen molar-refractivity contribution in [2.45, 2.75) is 37.5 Å². The van der Waals surface area contributed by atoms with E-state index in [0.717, 1.165) is 39.5 Å². The Hall–Kier alpha value is -5.64. The molecular weight excluding hydrogens is 687 g/mol. The fourth-order valence-corrected chi connectivity index (χ4v) is 13.5. The molecule has 0 N–H and O–H groups in total. The molecular formula is C52H39NOS. The zero-order valence-electron chi connectivity index (χ0n) is 30.5. The normalized spacial score (nSPS) is 23.3. The summed E-state index contributed by atoms with van der Waals surface area (Å²) < 4.78 is 9.02. The van der Waals surface area contributed by atoms with Crippen molar-refractivity contribution in [3.05, 3.63) is 163 Å². The molecule has 7 aromatic carbocycles. The largest absolute Gasteiger partial charge is 0.456 e. The highest BCUT2D eigenvalue weighted by molar-refractivity contribution is 7.25. The second-order valence-corrected chi connectivity index (χ2v) is 18.0. The van der Waals surface area contributed by atoms with E-state index in [2.05, 4.69) is 157 Å². The molecule has 3 heteroatoms. The van der Waals surface area contributed by atoms with Crippen molar-refractivity contribution in [2.75, 3.05) is 4.90 Å². The van der Waals surface area contributed by atoms with E-state index in [1.165, 1.54) is 85.9 Å². The highest BCUT2D eigenvalue weighted by atomic mass is 32.1. The number of rotatable bonds is 4. The van der Waals surface area contributed by atoms with E-state index >= 15 is 0 Å². The lowest BCUT2D eigenvalue weighted by Crippen LogP contribution is -2.55. The number of hydrogen-bond donors (Lipinski definition) is 0. The van der Waals surface area contributed by atoms with Gasteiger partial charge in [0, 0.05) is 53.3 Å². The SMILES string of the molecule is c1ccc(-c2ccc3c(c2)C2(c4cccc(N(c5ccc6c(c5)sc5ccccc56)c5ccc6oc7ccccc7c6c5)c4-3)C3CC4CC(C3)CC2C4)cc1. The van der Waals surface area contributed by atoms with Crippen LogP contribution in [0.4, 0.5) is 17.1 Å². The number of fused-ring (bicyclic) bond motifs is 9. The average molecular weight is 726 g/mol. The Labute approximate surface area is 324 Å². The lowest BCUT2D eigenvalue weighted by molar-refractivity contribution is -0.0399. The summed E-state index contributed by atoms with van der Waals surface area (Å²) >= 11 is 1.89. The first kappa shape index (κ1) is 30.7. The van der Waals surface area contributed by atoms with Crippen LogP contribution in [0.2, 0.25) is 0 Å². The molecule has 9 aromatic rings. The quantitative estimate of drug-likeness (QED) is 0.180. The molecule has 4 fully saturated rings. The molecule has 264 valence electrons. The van der Waals surface area contributed by atoms with Crippen molar-refractivity contribution in [3.63, 3.8) is 0 Å². The van der Waals surface area contributed by atoms with Crippen LogP contribution in [-0.4, -0.2) is 0 Å². The summed E-state index contributed by atoms with van der Waals surface area (Å²) in [4.78, 5) is 2.56. The first-order valence-electron chi connectivity index (χ1n) is 20.2. The third-order valence-corrected chi connectivity index (χ3v) is 15.4. The van der Waals surface area contributed by atoms with Gasteiger partial charge < -0.3 is 9.32 Å². The minimum absolute atomic E-state index is 0.0463. The molecule has 14 rings (SSSR count). The molecule has 2 aromatic heterocycles. The van der Waals surface area contributed by atoms with Gasteiger partial charge in [0.25, 0.3) is 0 Å². The Kier molecular flexibility index (Phi) is 6.25. The van der Waals surface area contributed by atoms with Gasteiger partial charge in [0.05, 0.1) is 5.69 Å². The Bertz CT molecular complexity index is 2990. The fraction of sp³-hybridized carbons (Fsp3) is 0.192. The van der Waals surface area contributed by atoms with Crippen LogP contribution in [-0.2, 0) is 5.41 Å². The maximum absolute atomic E-state index is 6.37. The number of furan rings is 1. The maximum atomic E-state index is 6.37. The highest BCUT2D eigenvalue weighted by Crippen LogP contribution is 2.70. The first-order valence-corrected chi connectivity index (χ1v) is 21.0. The topological polar surface area (TPSA) is 16.4 Å². The molecule has 2 nitrogen and oxygen atoms in total. The first-order chi connectivity index (χ1) is 27.2. The predicted molar refractivity (Wildman–Crippen MR) is 230 cm³/mol. The molecule has 2 heterocycles. The van der Waals surface area contributed by atoms with Crippen molar-refractivity contribution in [3.8, 4) is 22.3 Å². The molecule has 0 amide bonds. The highest BCUT2D eigenvalue weighted by Gasteiger charge is 2.62. The number of para-hydroxylation sites is 1. The number of hydrogen-bond acceptors (Lipinski definition) is 3. The Balaban J connectivity index is 1.09. The van der Waals surface area contributed by atoms with Gasteiger partial charge in [-0.25, -0.2) is 0 Å². The summed E-state index contributed by atoms with van der Waals surface area (Å²) in [5, 5.41) is 4.97.